The molecule has 1 saturated carbocycles. The smallest absolute Gasteiger partial charge is 0.410 e. The van der Waals surface area contributed by atoms with E-state index in [9.17, 15) is 14.0 Å². The Balaban J connectivity index is 1.56. The number of halogens is 1. The number of benzene rings is 1. The number of rotatable bonds is 5. The van der Waals surface area contributed by atoms with Gasteiger partial charge in [-0.1, -0.05) is 13.8 Å². The highest BCUT2D eigenvalue weighted by Crippen LogP contribution is 2.46. The Morgan fingerprint density at radius 2 is 1.78 bits per heavy atom. The molecule has 9 nitrogen and oxygen atoms in total. The summed E-state index contributed by atoms with van der Waals surface area (Å²) in [6.07, 6.45) is 3.48. The average molecular weight is 613 g/mol. The summed E-state index contributed by atoms with van der Waals surface area (Å²) in [5.74, 6) is 0.603. The van der Waals surface area contributed by atoms with Crippen molar-refractivity contribution >= 4 is 22.9 Å². The number of carbonyl (C=O) groups excluding carboxylic acids is 1. The third-order valence-electron chi connectivity index (χ3n) is 8.49. The van der Waals surface area contributed by atoms with E-state index in [-0.39, 0.29) is 23.9 Å². The van der Waals surface area contributed by atoms with Crippen molar-refractivity contribution in [2.24, 2.45) is 0 Å². The molecule has 0 unspecified atom stereocenters. The van der Waals surface area contributed by atoms with Crippen LogP contribution in [0.2, 0.25) is 0 Å². The van der Waals surface area contributed by atoms with E-state index in [0.29, 0.717) is 42.7 Å². The maximum Gasteiger partial charge on any atom is 0.410 e. The first-order valence-corrected chi connectivity index (χ1v) is 15.8. The molecule has 236 valence electrons. The summed E-state index contributed by atoms with van der Waals surface area (Å²) in [7, 11) is 0. The lowest BCUT2D eigenvalue weighted by Crippen LogP contribution is -2.55. The van der Waals surface area contributed by atoms with Gasteiger partial charge in [-0.15, -0.1) is 0 Å². The molecular weight excluding hydrogens is 571 g/mol. The number of fused-ring (bicyclic) bond motifs is 1. The van der Waals surface area contributed by atoms with Gasteiger partial charge >= 0.3 is 11.8 Å². The van der Waals surface area contributed by atoms with Crippen LogP contribution in [-0.2, 0) is 4.74 Å². The molecule has 4 aromatic rings. The molecule has 45 heavy (non-hydrogen) atoms. The van der Waals surface area contributed by atoms with Crippen LogP contribution in [0.25, 0.3) is 28.0 Å². The van der Waals surface area contributed by atoms with Crippen molar-refractivity contribution in [2.75, 3.05) is 24.5 Å². The van der Waals surface area contributed by atoms with Gasteiger partial charge in [0.2, 0.25) is 0 Å². The summed E-state index contributed by atoms with van der Waals surface area (Å²) in [5.41, 5.74) is 4.39. The Hall–Kier alpha value is -4.34. The minimum atomic E-state index is -0.591. The third kappa shape index (κ3) is 6.02. The lowest BCUT2D eigenvalue weighted by molar-refractivity contribution is 0.0218. The molecule has 1 amide bonds. The fourth-order valence-electron chi connectivity index (χ4n) is 6.16. The molecule has 10 heteroatoms. The van der Waals surface area contributed by atoms with Crippen LogP contribution in [0.15, 0.2) is 47.4 Å². The van der Waals surface area contributed by atoms with E-state index < -0.39 is 11.3 Å². The standard InChI is InChI=1S/C35H41FN6O3/c1-20(2)28-30(21(3)14-15-37-28)42-32-27(18-26(23-8-9-23)29(38-32)24-10-12-25(36)13-11-24)31(39-33(42)43)41-17-16-40(19-22(41)4)34(44)45-35(5,6)7/h10-15,18,20,22-23H,8-9,16-17,19H2,1-7H3/t22-/m0/s1. The Kier molecular flexibility index (Phi) is 7.87. The van der Waals surface area contributed by atoms with E-state index in [2.05, 4.69) is 29.8 Å². The number of carbonyl (C=O) groups is 1. The SMILES string of the molecule is Cc1ccnc(C(C)C)c1-n1c(=O)nc(N2CCN(C(=O)OC(C)(C)C)C[C@@H]2C)c2cc(C3CC3)c(-c3ccc(F)cc3)nc21. The van der Waals surface area contributed by atoms with Crippen molar-refractivity contribution in [3.63, 3.8) is 0 Å². The van der Waals surface area contributed by atoms with Gasteiger partial charge in [-0.2, -0.15) is 4.98 Å². The second-order valence-corrected chi connectivity index (χ2v) is 13.6. The molecule has 1 aliphatic heterocycles. The molecule has 2 aliphatic rings. The minimum Gasteiger partial charge on any atom is -0.444 e. The van der Waals surface area contributed by atoms with E-state index >= 15 is 0 Å². The fourth-order valence-corrected chi connectivity index (χ4v) is 6.16. The topological polar surface area (TPSA) is 93.5 Å². The highest BCUT2D eigenvalue weighted by atomic mass is 19.1. The van der Waals surface area contributed by atoms with Gasteiger partial charge in [0.25, 0.3) is 0 Å². The fraction of sp³-hybridized carbons (Fsp3) is 0.457. The van der Waals surface area contributed by atoms with Gasteiger partial charge in [0, 0.05) is 37.4 Å². The lowest BCUT2D eigenvalue weighted by atomic mass is 10.00. The zero-order valence-electron chi connectivity index (χ0n) is 27.1. The predicted octanol–water partition coefficient (Wildman–Crippen LogP) is 6.74. The van der Waals surface area contributed by atoms with Gasteiger partial charge in [0.15, 0.2) is 5.65 Å². The number of hydrogen-bond acceptors (Lipinski definition) is 7. The van der Waals surface area contributed by atoms with Crippen molar-refractivity contribution in [1.29, 1.82) is 0 Å². The molecular formula is C35H41FN6O3. The Morgan fingerprint density at radius 1 is 1.07 bits per heavy atom. The highest BCUT2D eigenvalue weighted by Gasteiger charge is 2.34. The van der Waals surface area contributed by atoms with Crippen LogP contribution >= 0.6 is 0 Å². The molecule has 0 bridgehead atoms. The molecule has 1 aromatic carbocycles. The summed E-state index contributed by atoms with van der Waals surface area (Å²) in [5, 5.41) is 0.762. The summed E-state index contributed by atoms with van der Waals surface area (Å²) < 4.78 is 21.2. The van der Waals surface area contributed by atoms with E-state index in [0.717, 1.165) is 46.3 Å². The zero-order chi connectivity index (χ0) is 32.2. The van der Waals surface area contributed by atoms with Crippen molar-refractivity contribution in [1.82, 2.24) is 24.4 Å². The second-order valence-electron chi connectivity index (χ2n) is 13.6. The Labute approximate surface area is 263 Å². The first-order chi connectivity index (χ1) is 21.3. The summed E-state index contributed by atoms with van der Waals surface area (Å²) in [4.78, 5) is 45.6. The minimum absolute atomic E-state index is 0.0461. The first kappa shape index (κ1) is 30.7. The molecule has 1 atom stereocenters. The van der Waals surface area contributed by atoms with Crippen molar-refractivity contribution in [2.45, 2.75) is 84.8 Å². The number of aryl methyl sites for hydroxylation is 1. The summed E-state index contributed by atoms with van der Waals surface area (Å²) in [6, 6.07) is 10.3. The molecule has 6 rings (SSSR count). The largest absolute Gasteiger partial charge is 0.444 e. The van der Waals surface area contributed by atoms with Crippen LogP contribution < -0.4 is 10.6 Å². The third-order valence-corrected chi connectivity index (χ3v) is 8.49. The van der Waals surface area contributed by atoms with Crippen LogP contribution in [0.4, 0.5) is 15.0 Å². The first-order valence-electron chi connectivity index (χ1n) is 15.8. The number of nitrogens with zero attached hydrogens (tertiary/aromatic N) is 6. The number of piperazine rings is 1. The van der Waals surface area contributed by atoms with Gasteiger partial charge in [0.1, 0.15) is 17.2 Å². The molecule has 2 fully saturated rings. The van der Waals surface area contributed by atoms with Gasteiger partial charge in [-0.25, -0.2) is 23.5 Å². The summed E-state index contributed by atoms with van der Waals surface area (Å²) >= 11 is 0. The van der Waals surface area contributed by atoms with Crippen molar-refractivity contribution < 1.29 is 13.9 Å². The second kappa shape index (κ2) is 11.5. The van der Waals surface area contributed by atoms with Crippen LogP contribution in [-0.4, -0.2) is 61.8 Å². The van der Waals surface area contributed by atoms with Gasteiger partial charge < -0.3 is 14.5 Å². The summed E-state index contributed by atoms with van der Waals surface area (Å²) in [6.45, 7) is 15.0. The van der Waals surface area contributed by atoms with Crippen molar-refractivity contribution in [3.05, 3.63) is 75.7 Å². The van der Waals surface area contributed by atoms with E-state index in [1.165, 1.54) is 12.1 Å². The van der Waals surface area contributed by atoms with Crippen LogP contribution in [0, 0.1) is 12.7 Å². The zero-order valence-corrected chi connectivity index (χ0v) is 27.1. The number of amides is 1. The normalized spacial score (nSPS) is 17.3. The van der Waals surface area contributed by atoms with Gasteiger partial charge in [-0.3, -0.25) is 4.98 Å². The quantitative estimate of drug-likeness (QED) is 0.247. The molecule has 0 N–H and O–H groups in total. The van der Waals surface area contributed by atoms with Crippen LogP contribution in [0.1, 0.15) is 83.0 Å². The Bertz CT molecular complexity index is 1820. The maximum atomic E-state index is 14.2. The van der Waals surface area contributed by atoms with Crippen LogP contribution in [0.3, 0.4) is 0 Å². The van der Waals surface area contributed by atoms with Gasteiger partial charge in [0.05, 0.1) is 22.5 Å². The molecule has 1 saturated heterocycles. The highest BCUT2D eigenvalue weighted by molar-refractivity contribution is 5.92. The molecule has 0 spiro atoms. The molecule has 0 radical (unpaired) electrons. The number of hydrogen-bond donors (Lipinski definition) is 0. The lowest BCUT2D eigenvalue weighted by Gasteiger charge is -2.41. The number of aromatic nitrogens is 4. The number of anilines is 1. The molecule has 4 heterocycles. The molecule has 3 aromatic heterocycles. The number of ether oxygens (including phenoxy) is 1. The van der Waals surface area contributed by atoms with E-state index in [1.54, 1.807) is 27.8 Å². The van der Waals surface area contributed by atoms with Crippen molar-refractivity contribution in [3.8, 4) is 16.9 Å². The Morgan fingerprint density at radius 3 is 2.40 bits per heavy atom. The molecule has 1 aliphatic carbocycles. The average Bonchev–Trinajstić information content (AvgIpc) is 3.82. The van der Waals surface area contributed by atoms with Crippen LogP contribution in [0.5, 0.6) is 0 Å². The number of pyridine rings is 2. The maximum absolute atomic E-state index is 14.2. The predicted molar refractivity (Wildman–Crippen MR) is 174 cm³/mol. The monoisotopic (exact) mass is 612 g/mol. The van der Waals surface area contributed by atoms with Gasteiger partial charge in [-0.05, 0) is 107 Å². The van der Waals surface area contributed by atoms with E-state index in [4.69, 9.17) is 14.7 Å². The van der Waals surface area contributed by atoms with E-state index in [1.807, 2.05) is 40.7 Å².